The molecule has 0 saturated heterocycles. The number of ether oxygens (including phenoxy) is 2. The van der Waals surface area contributed by atoms with Gasteiger partial charge in [-0.3, -0.25) is 4.79 Å². The molecule has 3 rings (SSSR count). The number of aromatic nitrogens is 3. The summed E-state index contributed by atoms with van der Waals surface area (Å²) in [7, 11) is 3.15. The zero-order chi connectivity index (χ0) is 17.1. The van der Waals surface area contributed by atoms with Crippen molar-refractivity contribution in [2.24, 2.45) is 0 Å². The molecule has 0 saturated carbocycles. The summed E-state index contributed by atoms with van der Waals surface area (Å²) >= 11 is 0. The number of amides is 1. The van der Waals surface area contributed by atoms with Crippen LogP contribution in [0.3, 0.4) is 0 Å². The minimum atomic E-state index is -0.261. The Kier molecular flexibility index (Phi) is 4.33. The third kappa shape index (κ3) is 3.15. The normalized spacial score (nSPS) is 12.0. The minimum Gasteiger partial charge on any atom is -0.497 e. The summed E-state index contributed by atoms with van der Waals surface area (Å²) in [6.45, 7) is 1.91. The van der Waals surface area contributed by atoms with Crippen LogP contribution in [0.4, 0.5) is 0 Å². The number of nitrogens with zero attached hydrogens (tertiary/aromatic N) is 3. The van der Waals surface area contributed by atoms with Crippen molar-refractivity contribution in [3.8, 4) is 11.6 Å². The van der Waals surface area contributed by atoms with E-state index in [4.69, 9.17) is 9.47 Å². The topological polar surface area (TPSA) is 77.8 Å². The van der Waals surface area contributed by atoms with Crippen LogP contribution in [-0.2, 0) is 0 Å². The fraction of sp³-hybridized carbons (Fsp3) is 0.235. The van der Waals surface area contributed by atoms with Gasteiger partial charge in [0.15, 0.2) is 5.65 Å². The maximum atomic E-state index is 12.4. The van der Waals surface area contributed by atoms with Gasteiger partial charge >= 0.3 is 0 Å². The zero-order valence-corrected chi connectivity index (χ0v) is 13.7. The van der Waals surface area contributed by atoms with Crippen LogP contribution in [0, 0.1) is 0 Å². The lowest BCUT2D eigenvalue weighted by atomic mass is 10.1. The molecule has 0 bridgehead atoms. The minimum absolute atomic E-state index is 0.157. The molecule has 1 amide bonds. The molecule has 1 N–H and O–H groups in total. The van der Waals surface area contributed by atoms with Crippen LogP contribution in [0.1, 0.15) is 29.0 Å². The van der Waals surface area contributed by atoms with Crippen molar-refractivity contribution in [2.45, 2.75) is 13.0 Å². The lowest BCUT2D eigenvalue weighted by Gasteiger charge is -2.13. The first-order chi connectivity index (χ1) is 11.6. The first kappa shape index (κ1) is 15.8. The highest BCUT2D eigenvalue weighted by atomic mass is 16.5. The maximum absolute atomic E-state index is 12.4. The Morgan fingerprint density at radius 3 is 2.54 bits per heavy atom. The first-order valence-corrected chi connectivity index (χ1v) is 7.46. The molecule has 1 aromatic carbocycles. The number of carbonyl (C=O) groups is 1. The molecule has 0 radical (unpaired) electrons. The largest absolute Gasteiger partial charge is 0.497 e. The standard InChI is InChI=1S/C17H18N4O3/c1-11(12-4-6-13(23-2)7-5-12)18-17(22)14-10-21-15(19-14)8-9-16(20-21)24-3/h4-11H,1-3H3,(H,18,22)/t11-/m0/s1. The van der Waals surface area contributed by atoms with Gasteiger partial charge in [0.25, 0.3) is 5.91 Å². The van der Waals surface area contributed by atoms with Crippen molar-refractivity contribution in [3.63, 3.8) is 0 Å². The Balaban J connectivity index is 1.75. The highest BCUT2D eigenvalue weighted by Crippen LogP contribution is 2.18. The van der Waals surface area contributed by atoms with E-state index < -0.39 is 0 Å². The van der Waals surface area contributed by atoms with Gasteiger partial charge in [0, 0.05) is 6.07 Å². The van der Waals surface area contributed by atoms with E-state index in [0.29, 0.717) is 17.2 Å². The van der Waals surface area contributed by atoms with E-state index in [1.807, 2.05) is 31.2 Å². The van der Waals surface area contributed by atoms with Gasteiger partial charge in [0.1, 0.15) is 11.4 Å². The van der Waals surface area contributed by atoms with Gasteiger partial charge < -0.3 is 14.8 Å². The summed E-state index contributed by atoms with van der Waals surface area (Å²) in [5.41, 5.74) is 1.86. The summed E-state index contributed by atoms with van der Waals surface area (Å²) < 4.78 is 11.7. The van der Waals surface area contributed by atoms with Crippen LogP contribution in [0.15, 0.2) is 42.6 Å². The summed E-state index contributed by atoms with van der Waals surface area (Å²) in [4.78, 5) is 16.7. The van der Waals surface area contributed by atoms with Crippen LogP contribution >= 0.6 is 0 Å². The molecule has 0 unspecified atom stereocenters. The van der Waals surface area contributed by atoms with Gasteiger partial charge in [-0.05, 0) is 30.7 Å². The van der Waals surface area contributed by atoms with E-state index in [1.165, 1.54) is 11.6 Å². The Labute approximate surface area is 139 Å². The summed E-state index contributed by atoms with van der Waals surface area (Å²) in [6.07, 6.45) is 1.58. The van der Waals surface area contributed by atoms with Crippen molar-refractivity contribution in [2.75, 3.05) is 14.2 Å². The number of imidazole rings is 1. The molecular weight excluding hydrogens is 308 g/mol. The molecule has 1 atom stereocenters. The second-order valence-corrected chi connectivity index (χ2v) is 5.27. The molecule has 24 heavy (non-hydrogen) atoms. The smallest absolute Gasteiger partial charge is 0.272 e. The van der Waals surface area contributed by atoms with E-state index in [9.17, 15) is 4.79 Å². The van der Waals surface area contributed by atoms with E-state index in [0.717, 1.165) is 11.3 Å². The van der Waals surface area contributed by atoms with E-state index >= 15 is 0 Å². The number of nitrogens with one attached hydrogen (secondary N) is 1. The Bertz CT molecular complexity index is 858. The van der Waals surface area contributed by atoms with Crippen molar-refractivity contribution in [3.05, 3.63) is 53.9 Å². The van der Waals surface area contributed by atoms with Crippen molar-refractivity contribution >= 4 is 11.6 Å². The summed E-state index contributed by atoms with van der Waals surface area (Å²) in [5.74, 6) is 0.971. The number of rotatable bonds is 5. The SMILES string of the molecule is COc1ccc([C@H](C)NC(=O)c2cn3nc(OC)ccc3n2)cc1. The van der Waals surface area contributed by atoms with E-state index in [2.05, 4.69) is 15.4 Å². The fourth-order valence-corrected chi connectivity index (χ4v) is 2.33. The van der Waals surface area contributed by atoms with Crippen LogP contribution in [0.2, 0.25) is 0 Å². The summed E-state index contributed by atoms with van der Waals surface area (Å²) in [6, 6.07) is 10.8. The van der Waals surface area contributed by atoms with Gasteiger partial charge in [0.05, 0.1) is 26.5 Å². The van der Waals surface area contributed by atoms with Crippen molar-refractivity contribution in [1.29, 1.82) is 0 Å². The van der Waals surface area contributed by atoms with Crippen molar-refractivity contribution in [1.82, 2.24) is 19.9 Å². The third-order valence-electron chi connectivity index (χ3n) is 3.70. The molecule has 0 aliphatic heterocycles. The molecule has 2 aromatic heterocycles. The van der Waals surface area contributed by atoms with Crippen LogP contribution < -0.4 is 14.8 Å². The van der Waals surface area contributed by atoms with E-state index in [-0.39, 0.29) is 11.9 Å². The molecule has 7 nitrogen and oxygen atoms in total. The van der Waals surface area contributed by atoms with E-state index in [1.54, 1.807) is 25.4 Å². The van der Waals surface area contributed by atoms with Gasteiger partial charge in [-0.2, -0.15) is 0 Å². The molecule has 0 fully saturated rings. The molecule has 0 aliphatic carbocycles. The number of hydrogen-bond acceptors (Lipinski definition) is 5. The number of methoxy groups -OCH3 is 2. The average molecular weight is 326 g/mol. The molecule has 124 valence electrons. The lowest BCUT2D eigenvalue weighted by molar-refractivity contribution is 0.0935. The Morgan fingerprint density at radius 2 is 1.88 bits per heavy atom. The molecule has 0 spiro atoms. The highest BCUT2D eigenvalue weighted by Gasteiger charge is 2.15. The molecule has 0 aliphatic rings. The second kappa shape index (κ2) is 6.57. The van der Waals surface area contributed by atoms with Crippen LogP contribution in [-0.4, -0.2) is 34.7 Å². The molecule has 2 heterocycles. The zero-order valence-electron chi connectivity index (χ0n) is 13.7. The quantitative estimate of drug-likeness (QED) is 0.778. The van der Waals surface area contributed by atoms with Crippen LogP contribution in [0.25, 0.3) is 5.65 Å². The van der Waals surface area contributed by atoms with Gasteiger partial charge in [-0.25, -0.2) is 9.50 Å². The number of fused-ring (bicyclic) bond motifs is 1. The second-order valence-electron chi connectivity index (χ2n) is 5.27. The third-order valence-corrected chi connectivity index (χ3v) is 3.70. The van der Waals surface area contributed by atoms with Gasteiger partial charge in [0.2, 0.25) is 5.88 Å². The average Bonchev–Trinajstić information content (AvgIpc) is 3.05. The van der Waals surface area contributed by atoms with Crippen molar-refractivity contribution < 1.29 is 14.3 Å². The number of benzene rings is 1. The summed E-state index contributed by atoms with van der Waals surface area (Å²) in [5, 5.41) is 7.12. The van der Waals surface area contributed by atoms with Crippen LogP contribution in [0.5, 0.6) is 11.6 Å². The Morgan fingerprint density at radius 1 is 1.12 bits per heavy atom. The lowest BCUT2D eigenvalue weighted by Crippen LogP contribution is -2.26. The predicted molar refractivity (Wildman–Crippen MR) is 88.4 cm³/mol. The molecule has 7 heteroatoms. The molecule has 3 aromatic rings. The highest BCUT2D eigenvalue weighted by molar-refractivity contribution is 5.93. The predicted octanol–water partition coefficient (Wildman–Crippen LogP) is 2.24. The first-order valence-electron chi connectivity index (χ1n) is 7.46. The fourth-order valence-electron chi connectivity index (χ4n) is 2.33. The number of carbonyl (C=O) groups excluding carboxylic acids is 1. The monoisotopic (exact) mass is 326 g/mol. The Hall–Kier alpha value is -3.09. The number of hydrogen-bond donors (Lipinski definition) is 1. The van der Waals surface area contributed by atoms with Gasteiger partial charge in [-0.1, -0.05) is 12.1 Å². The molecular formula is C17H18N4O3. The van der Waals surface area contributed by atoms with Gasteiger partial charge in [-0.15, -0.1) is 5.10 Å². The maximum Gasteiger partial charge on any atom is 0.272 e.